The molecule has 0 fully saturated rings. The minimum absolute atomic E-state index is 0.231. The molecule has 3 heterocycles. The lowest BCUT2D eigenvalue weighted by molar-refractivity contribution is 0.102. The van der Waals surface area contributed by atoms with E-state index in [1.54, 1.807) is 12.1 Å². The Morgan fingerprint density at radius 2 is 1.92 bits per heavy atom. The van der Waals surface area contributed by atoms with Crippen LogP contribution in [0, 0.1) is 6.92 Å². The van der Waals surface area contributed by atoms with Crippen molar-refractivity contribution in [3.8, 4) is 11.3 Å². The predicted molar refractivity (Wildman–Crippen MR) is 103 cm³/mol. The van der Waals surface area contributed by atoms with Crippen molar-refractivity contribution in [2.45, 2.75) is 6.92 Å². The molecule has 128 valence electrons. The van der Waals surface area contributed by atoms with Gasteiger partial charge >= 0.3 is 0 Å². The van der Waals surface area contributed by atoms with Gasteiger partial charge in [0.25, 0.3) is 5.91 Å². The molecule has 0 saturated carbocycles. The van der Waals surface area contributed by atoms with Crippen LogP contribution >= 0.6 is 11.6 Å². The number of aryl methyl sites for hydroxylation is 1. The molecule has 1 amide bonds. The van der Waals surface area contributed by atoms with Gasteiger partial charge in [-0.15, -0.1) is 0 Å². The van der Waals surface area contributed by atoms with Crippen LogP contribution in [-0.2, 0) is 0 Å². The highest BCUT2D eigenvalue weighted by Crippen LogP contribution is 2.22. The Labute approximate surface area is 155 Å². The van der Waals surface area contributed by atoms with E-state index in [4.69, 9.17) is 11.6 Å². The fourth-order valence-corrected chi connectivity index (χ4v) is 2.77. The monoisotopic (exact) mass is 362 g/mol. The zero-order valence-electron chi connectivity index (χ0n) is 14.0. The van der Waals surface area contributed by atoms with Gasteiger partial charge in [0.1, 0.15) is 10.8 Å². The third kappa shape index (κ3) is 3.30. The molecule has 1 N–H and O–H groups in total. The summed E-state index contributed by atoms with van der Waals surface area (Å²) in [6, 6.07) is 14.9. The van der Waals surface area contributed by atoms with E-state index < -0.39 is 0 Å². The largest absolute Gasteiger partial charge is 0.322 e. The second-order valence-electron chi connectivity index (χ2n) is 6.00. The number of carbonyl (C=O) groups excluding carboxylic acids is 1. The van der Waals surface area contributed by atoms with Gasteiger partial charge in [-0.25, -0.2) is 9.97 Å². The molecule has 1 aromatic carbocycles. The Hall–Kier alpha value is -3.18. The highest BCUT2D eigenvalue weighted by atomic mass is 35.5. The number of nitrogens with one attached hydrogen (secondary N) is 1. The molecule has 6 heteroatoms. The Kier molecular flexibility index (Phi) is 4.14. The summed E-state index contributed by atoms with van der Waals surface area (Å²) in [7, 11) is 0. The van der Waals surface area contributed by atoms with Gasteiger partial charge in [0.2, 0.25) is 0 Å². The summed E-state index contributed by atoms with van der Waals surface area (Å²) in [6.07, 6.45) is 5.43. The Morgan fingerprint density at radius 3 is 2.65 bits per heavy atom. The van der Waals surface area contributed by atoms with Gasteiger partial charge in [-0.05, 0) is 48.9 Å². The van der Waals surface area contributed by atoms with Crippen molar-refractivity contribution in [3.05, 3.63) is 83.4 Å². The van der Waals surface area contributed by atoms with Gasteiger partial charge in [0.05, 0.1) is 11.3 Å². The van der Waals surface area contributed by atoms with Crippen LogP contribution in [0.2, 0.25) is 5.15 Å². The molecule has 26 heavy (non-hydrogen) atoms. The van der Waals surface area contributed by atoms with E-state index in [9.17, 15) is 4.79 Å². The summed E-state index contributed by atoms with van der Waals surface area (Å²) in [5, 5.41) is 3.20. The number of rotatable bonds is 3. The molecule has 0 aliphatic carbocycles. The minimum Gasteiger partial charge on any atom is -0.322 e. The number of hydrogen-bond donors (Lipinski definition) is 1. The average Bonchev–Trinajstić information content (AvgIpc) is 3.06. The molecular formula is C20H15ClN4O. The molecule has 0 saturated heterocycles. The topological polar surface area (TPSA) is 59.3 Å². The SMILES string of the molecule is Cc1ccn2cc(-c3ccc(NC(=O)c4ccc(Cl)nc4)cc3)nc2c1. The van der Waals surface area contributed by atoms with Crippen molar-refractivity contribution in [1.82, 2.24) is 14.4 Å². The lowest BCUT2D eigenvalue weighted by Crippen LogP contribution is -2.11. The summed E-state index contributed by atoms with van der Waals surface area (Å²) in [5.41, 5.74) is 5.10. The van der Waals surface area contributed by atoms with Gasteiger partial charge in [0.15, 0.2) is 0 Å². The lowest BCUT2D eigenvalue weighted by Gasteiger charge is -2.06. The van der Waals surface area contributed by atoms with E-state index in [0.29, 0.717) is 16.4 Å². The van der Waals surface area contributed by atoms with E-state index in [2.05, 4.69) is 15.3 Å². The number of imidazole rings is 1. The van der Waals surface area contributed by atoms with Crippen molar-refractivity contribution in [1.29, 1.82) is 0 Å². The van der Waals surface area contributed by atoms with Gasteiger partial charge in [0, 0.05) is 29.8 Å². The highest BCUT2D eigenvalue weighted by molar-refractivity contribution is 6.29. The number of aromatic nitrogens is 3. The third-order valence-electron chi connectivity index (χ3n) is 4.04. The molecule has 0 unspecified atom stereocenters. The number of anilines is 1. The zero-order valence-corrected chi connectivity index (χ0v) is 14.7. The number of benzene rings is 1. The number of carbonyl (C=O) groups is 1. The quantitative estimate of drug-likeness (QED) is 0.541. The molecule has 0 radical (unpaired) electrons. The van der Waals surface area contributed by atoms with E-state index in [1.165, 1.54) is 11.8 Å². The Balaban J connectivity index is 1.54. The number of halogens is 1. The van der Waals surface area contributed by atoms with Crippen molar-refractivity contribution in [3.63, 3.8) is 0 Å². The molecule has 0 bridgehead atoms. The third-order valence-corrected chi connectivity index (χ3v) is 4.27. The molecule has 0 spiro atoms. The highest BCUT2D eigenvalue weighted by Gasteiger charge is 2.08. The molecular weight excluding hydrogens is 348 g/mol. The summed E-state index contributed by atoms with van der Waals surface area (Å²) < 4.78 is 1.99. The van der Waals surface area contributed by atoms with Crippen LogP contribution in [0.3, 0.4) is 0 Å². The van der Waals surface area contributed by atoms with Crippen molar-refractivity contribution < 1.29 is 4.79 Å². The minimum atomic E-state index is -0.231. The fourth-order valence-electron chi connectivity index (χ4n) is 2.66. The van der Waals surface area contributed by atoms with Crippen LogP contribution in [0.5, 0.6) is 0 Å². The summed E-state index contributed by atoms with van der Waals surface area (Å²) in [4.78, 5) is 20.8. The van der Waals surface area contributed by atoms with Crippen molar-refractivity contribution in [2.75, 3.05) is 5.32 Å². The fraction of sp³-hybridized carbons (Fsp3) is 0.0500. The zero-order chi connectivity index (χ0) is 18.1. The molecule has 3 aromatic heterocycles. The molecule has 4 aromatic rings. The summed E-state index contributed by atoms with van der Waals surface area (Å²) in [5.74, 6) is -0.231. The van der Waals surface area contributed by atoms with Gasteiger partial charge in [-0.1, -0.05) is 23.7 Å². The number of hydrogen-bond acceptors (Lipinski definition) is 3. The molecule has 0 aliphatic heterocycles. The normalized spacial score (nSPS) is 10.8. The number of amides is 1. The van der Waals surface area contributed by atoms with Gasteiger partial charge < -0.3 is 9.72 Å². The second-order valence-corrected chi connectivity index (χ2v) is 6.38. The Morgan fingerprint density at radius 1 is 1.12 bits per heavy atom. The smallest absolute Gasteiger partial charge is 0.257 e. The maximum atomic E-state index is 12.2. The number of fused-ring (bicyclic) bond motifs is 1. The van der Waals surface area contributed by atoms with Crippen LogP contribution in [0.15, 0.2) is 67.1 Å². The predicted octanol–water partition coefficient (Wildman–Crippen LogP) is 4.61. The maximum absolute atomic E-state index is 12.2. The van der Waals surface area contributed by atoms with Gasteiger partial charge in [-0.3, -0.25) is 4.79 Å². The first-order valence-electron chi connectivity index (χ1n) is 8.07. The van der Waals surface area contributed by atoms with E-state index in [0.717, 1.165) is 16.9 Å². The van der Waals surface area contributed by atoms with Crippen molar-refractivity contribution >= 4 is 28.8 Å². The van der Waals surface area contributed by atoms with Crippen LogP contribution < -0.4 is 5.32 Å². The molecule has 0 atom stereocenters. The average molecular weight is 363 g/mol. The van der Waals surface area contributed by atoms with Crippen LogP contribution in [-0.4, -0.2) is 20.3 Å². The van der Waals surface area contributed by atoms with E-state index in [-0.39, 0.29) is 5.91 Å². The van der Waals surface area contributed by atoms with Crippen LogP contribution in [0.25, 0.3) is 16.9 Å². The number of pyridine rings is 2. The molecule has 4 rings (SSSR count). The summed E-state index contributed by atoms with van der Waals surface area (Å²) >= 11 is 5.74. The number of nitrogens with zero attached hydrogens (tertiary/aromatic N) is 3. The lowest BCUT2D eigenvalue weighted by atomic mass is 10.1. The van der Waals surface area contributed by atoms with Gasteiger partial charge in [-0.2, -0.15) is 0 Å². The first-order valence-corrected chi connectivity index (χ1v) is 8.45. The first kappa shape index (κ1) is 16.3. The second kappa shape index (κ2) is 6.61. The molecule has 0 aliphatic rings. The van der Waals surface area contributed by atoms with Crippen molar-refractivity contribution in [2.24, 2.45) is 0 Å². The standard InChI is InChI=1S/C20H15ClN4O/c1-13-8-9-25-12-17(24-19(25)10-13)14-2-5-16(6-3-14)23-20(26)15-4-7-18(21)22-11-15/h2-12H,1H3,(H,23,26). The molecule has 5 nitrogen and oxygen atoms in total. The van der Waals surface area contributed by atoms with Crippen LogP contribution in [0.1, 0.15) is 15.9 Å². The van der Waals surface area contributed by atoms with E-state index in [1.807, 2.05) is 60.1 Å². The summed E-state index contributed by atoms with van der Waals surface area (Å²) in [6.45, 7) is 2.04. The van der Waals surface area contributed by atoms with E-state index >= 15 is 0 Å². The maximum Gasteiger partial charge on any atom is 0.257 e. The Bertz CT molecular complexity index is 1090. The van der Waals surface area contributed by atoms with Crippen LogP contribution in [0.4, 0.5) is 5.69 Å². The first-order chi connectivity index (χ1) is 12.6.